The standard InChI is InChI=1S/C27H23N5O2S/c1-18(30-31-27(28)29)25-23-13-7-8-14-24(23)32(35(33,34)22-11-3-2-4-12-22)26(25)21-16-15-19-9-5-6-10-20(19)17-21/h2-17H,1H3,(H4,28,29,31)/b30-18-. The molecule has 0 aliphatic heterocycles. The summed E-state index contributed by atoms with van der Waals surface area (Å²) >= 11 is 0. The number of aromatic nitrogens is 1. The van der Waals surface area contributed by atoms with Gasteiger partial charge in [-0.15, -0.1) is 5.10 Å². The molecule has 174 valence electrons. The number of hydrogen-bond acceptors (Lipinski definition) is 4. The van der Waals surface area contributed by atoms with Crippen molar-refractivity contribution in [2.45, 2.75) is 11.8 Å². The number of benzene rings is 4. The van der Waals surface area contributed by atoms with Crippen LogP contribution < -0.4 is 11.5 Å². The monoisotopic (exact) mass is 481 g/mol. The van der Waals surface area contributed by atoms with Gasteiger partial charge in [0, 0.05) is 16.5 Å². The van der Waals surface area contributed by atoms with Gasteiger partial charge in [-0.1, -0.05) is 72.8 Å². The quantitative estimate of drug-likeness (QED) is 0.215. The zero-order chi connectivity index (χ0) is 24.6. The SMILES string of the molecule is C/C(=N/N=C(N)N)c1c(-c2ccc3ccccc3c2)n(S(=O)(=O)c2ccccc2)c2ccccc12. The molecule has 0 amide bonds. The third kappa shape index (κ3) is 3.94. The van der Waals surface area contributed by atoms with Crippen molar-refractivity contribution in [1.29, 1.82) is 0 Å². The van der Waals surface area contributed by atoms with E-state index in [2.05, 4.69) is 10.2 Å². The second-order valence-corrected chi connectivity index (χ2v) is 9.88. The summed E-state index contributed by atoms with van der Waals surface area (Å²) in [6.45, 7) is 1.76. The Hall–Kier alpha value is -4.43. The zero-order valence-electron chi connectivity index (χ0n) is 19.0. The molecular weight excluding hydrogens is 458 g/mol. The minimum atomic E-state index is -3.97. The van der Waals surface area contributed by atoms with Gasteiger partial charge in [0.1, 0.15) is 0 Å². The molecule has 0 saturated carbocycles. The fourth-order valence-corrected chi connectivity index (χ4v) is 5.87. The fraction of sp³-hybridized carbons (Fsp3) is 0.0370. The van der Waals surface area contributed by atoms with Crippen molar-refractivity contribution >= 4 is 43.4 Å². The van der Waals surface area contributed by atoms with E-state index in [1.165, 1.54) is 3.97 Å². The second-order valence-electron chi connectivity index (χ2n) is 8.10. The number of nitrogens with two attached hydrogens (primary N) is 2. The van der Waals surface area contributed by atoms with E-state index in [1.54, 1.807) is 43.3 Å². The van der Waals surface area contributed by atoms with Crippen molar-refractivity contribution in [3.8, 4) is 11.3 Å². The van der Waals surface area contributed by atoms with Crippen LogP contribution >= 0.6 is 0 Å². The zero-order valence-corrected chi connectivity index (χ0v) is 19.8. The van der Waals surface area contributed by atoms with Gasteiger partial charge in [0.05, 0.1) is 21.8 Å². The topological polar surface area (TPSA) is 116 Å². The highest BCUT2D eigenvalue weighted by Gasteiger charge is 2.29. The van der Waals surface area contributed by atoms with Crippen molar-refractivity contribution in [1.82, 2.24) is 3.97 Å². The predicted octanol–water partition coefficient (Wildman–Crippen LogP) is 4.70. The summed E-state index contributed by atoms with van der Waals surface area (Å²) in [6.07, 6.45) is 0. The third-order valence-electron chi connectivity index (χ3n) is 5.81. The summed E-state index contributed by atoms with van der Waals surface area (Å²) in [5.41, 5.74) is 13.9. The summed E-state index contributed by atoms with van der Waals surface area (Å²) < 4.78 is 29.5. The lowest BCUT2D eigenvalue weighted by Crippen LogP contribution is -2.22. The molecule has 35 heavy (non-hydrogen) atoms. The summed E-state index contributed by atoms with van der Waals surface area (Å²) in [5.74, 6) is -0.183. The van der Waals surface area contributed by atoms with Crippen molar-refractivity contribution < 1.29 is 8.42 Å². The molecular formula is C27H23N5O2S. The van der Waals surface area contributed by atoms with Crippen LogP contribution in [0.15, 0.2) is 112 Å². The van der Waals surface area contributed by atoms with Gasteiger partial charge in [-0.05, 0) is 42.0 Å². The molecule has 8 heteroatoms. The van der Waals surface area contributed by atoms with E-state index in [0.717, 1.165) is 21.7 Å². The van der Waals surface area contributed by atoms with Crippen molar-refractivity contribution in [3.63, 3.8) is 0 Å². The lowest BCUT2D eigenvalue weighted by molar-refractivity contribution is 0.589. The highest BCUT2D eigenvalue weighted by Crippen LogP contribution is 2.38. The molecule has 0 bridgehead atoms. The van der Waals surface area contributed by atoms with Crippen LogP contribution in [0.5, 0.6) is 0 Å². The Morgan fingerprint density at radius 3 is 2.17 bits per heavy atom. The molecule has 0 spiro atoms. The molecule has 1 heterocycles. The van der Waals surface area contributed by atoms with E-state index in [4.69, 9.17) is 11.5 Å². The highest BCUT2D eigenvalue weighted by molar-refractivity contribution is 7.90. The van der Waals surface area contributed by atoms with Crippen LogP contribution in [0.3, 0.4) is 0 Å². The van der Waals surface area contributed by atoms with Gasteiger partial charge in [0.25, 0.3) is 10.0 Å². The van der Waals surface area contributed by atoms with Crippen molar-refractivity contribution in [3.05, 3.63) is 103 Å². The Kier molecular flexibility index (Phi) is 5.58. The summed E-state index contributed by atoms with van der Waals surface area (Å²) in [6, 6.07) is 29.6. The Morgan fingerprint density at radius 1 is 0.771 bits per heavy atom. The van der Waals surface area contributed by atoms with Crippen LogP contribution in [0.25, 0.3) is 32.9 Å². The molecule has 0 atom stereocenters. The van der Waals surface area contributed by atoms with Gasteiger partial charge in [-0.2, -0.15) is 5.10 Å². The van der Waals surface area contributed by atoms with Gasteiger partial charge in [0.2, 0.25) is 5.96 Å². The molecule has 0 radical (unpaired) electrons. The lowest BCUT2D eigenvalue weighted by Gasteiger charge is -2.14. The van der Waals surface area contributed by atoms with E-state index < -0.39 is 10.0 Å². The largest absolute Gasteiger partial charge is 0.369 e. The summed E-state index contributed by atoms with van der Waals surface area (Å²) in [5, 5.41) is 10.8. The normalized spacial score (nSPS) is 12.2. The number of para-hydroxylation sites is 1. The van der Waals surface area contributed by atoms with E-state index in [0.29, 0.717) is 22.5 Å². The lowest BCUT2D eigenvalue weighted by atomic mass is 9.99. The van der Waals surface area contributed by atoms with Gasteiger partial charge in [0.15, 0.2) is 0 Å². The molecule has 0 aliphatic rings. The highest BCUT2D eigenvalue weighted by atomic mass is 32.2. The first kappa shape index (κ1) is 22.4. The first-order valence-corrected chi connectivity index (χ1v) is 12.4. The number of rotatable bonds is 5. The minimum absolute atomic E-state index is 0.183. The fourth-order valence-electron chi connectivity index (χ4n) is 4.31. The first-order valence-electron chi connectivity index (χ1n) is 10.9. The number of fused-ring (bicyclic) bond motifs is 2. The Balaban J connectivity index is 1.94. The van der Waals surface area contributed by atoms with Gasteiger partial charge in [-0.25, -0.2) is 12.4 Å². The molecule has 0 aliphatic carbocycles. The summed E-state index contributed by atoms with van der Waals surface area (Å²) in [7, 11) is -3.97. The number of guanidine groups is 1. The maximum atomic E-state index is 14.1. The maximum absolute atomic E-state index is 14.1. The van der Waals surface area contributed by atoms with Crippen LogP contribution in [0, 0.1) is 0 Å². The molecule has 4 aromatic carbocycles. The first-order chi connectivity index (χ1) is 16.9. The Morgan fingerprint density at radius 2 is 1.43 bits per heavy atom. The van der Waals surface area contributed by atoms with Crippen LogP contribution in [0.4, 0.5) is 0 Å². The predicted molar refractivity (Wildman–Crippen MR) is 142 cm³/mol. The molecule has 1 aromatic heterocycles. The molecule has 0 unspecified atom stereocenters. The summed E-state index contributed by atoms with van der Waals surface area (Å²) in [4.78, 5) is 0.188. The maximum Gasteiger partial charge on any atom is 0.268 e. The molecule has 4 N–H and O–H groups in total. The molecule has 5 rings (SSSR count). The van der Waals surface area contributed by atoms with Crippen LogP contribution in [0.1, 0.15) is 12.5 Å². The van der Waals surface area contributed by atoms with Crippen LogP contribution in [0.2, 0.25) is 0 Å². The van der Waals surface area contributed by atoms with Crippen LogP contribution in [-0.4, -0.2) is 24.1 Å². The average Bonchev–Trinajstić information content (AvgIpc) is 3.23. The van der Waals surface area contributed by atoms with Gasteiger partial charge in [-0.3, -0.25) is 0 Å². The van der Waals surface area contributed by atoms with Crippen molar-refractivity contribution in [2.75, 3.05) is 0 Å². The Labute approximate surface area is 203 Å². The van der Waals surface area contributed by atoms with E-state index in [-0.39, 0.29) is 10.9 Å². The average molecular weight is 482 g/mol. The molecule has 0 fully saturated rings. The van der Waals surface area contributed by atoms with E-state index in [1.807, 2.05) is 60.7 Å². The molecule has 5 aromatic rings. The van der Waals surface area contributed by atoms with Crippen molar-refractivity contribution in [2.24, 2.45) is 21.7 Å². The van der Waals surface area contributed by atoms with Gasteiger partial charge < -0.3 is 11.5 Å². The van der Waals surface area contributed by atoms with Crippen LogP contribution in [-0.2, 0) is 10.0 Å². The third-order valence-corrected chi connectivity index (χ3v) is 7.54. The Bertz CT molecular complexity index is 1730. The van der Waals surface area contributed by atoms with Gasteiger partial charge >= 0.3 is 0 Å². The molecule has 0 saturated heterocycles. The second kappa shape index (κ2) is 8.73. The number of hydrogen-bond donors (Lipinski definition) is 2. The van der Waals surface area contributed by atoms with E-state index in [9.17, 15) is 8.42 Å². The smallest absolute Gasteiger partial charge is 0.268 e. The number of nitrogens with zero attached hydrogens (tertiary/aromatic N) is 3. The van der Waals surface area contributed by atoms with E-state index >= 15 is 0 Å². The molecule has 7 nitrogen and oxygen atoms in total. The minimum Gasteiger partial charge on any atom is -0.369 e.